The molecule has 6 heteroatoms. The maximum Gasteiger partial charge on any atom is 0.412 e. The fourth-order valence-electron chi connectivity index (χ4n) is 1.74. The molecule has 0 radical (unpaired) electrons. The Bertz CT molecular complexity index is 684. The quantitative estimate of drug-likeness (QED) is 0.685. The molecule has 5 nitrogen and oxygen atoms in total. The first-order valence-corrected chi connectivity index (χ1v) is 7.11. The molecule has 1 heterocycles. The molecule has 0 bridgehead atoms. The van der Waals surface area contributed by atoms with Gasteiger partial charge in [0.1, 0.15) is 5.76 Å². The van der Waals surface area contributed by atoms with Crippen molar-refractivity contribution in [1.82, 2.24) is 15.3 Å². The number of aromatic nitrogens is 2. The highest BCUT2D eigenvalue weighted by molar-refractivity contribution is 6.28. The largest absolute Gasteiger partial charge is 0.416 e. The van der Waals surface area contributed by atoms with E-state index in [4.69, 9.17) is 16.3 Å². The minimum atomic E-state index is -0.476. The van der Waals surface area contributed by atoms with Crippen LogP contribution in [0.4, 0.5) is 4.79 Å². The van der Waals surface area contributed by atoms with Crippen molar-refractivity contribution < 1.29 is 9.53 Å². The Kier molecular flexibility index (Phi) is 5.49. The van der Waals surface area contributed by atoms with Gasteiger partial charge in [0.2, 0.25) is 5.28 Å². The zero-order valence-electron chi connectivity index (χ0n) is 12.3. The summed E-state index contributed by atoms with van der Waals surface area (Å²) in [6.07, 6.45) is 4.56. The lowest BCUT2D eigenvalue weighted by atomic mass is 10.1. The van der Waals surface area contributed by atoms with Gasteiger partial charge < -0.3 is 10.1 Å². The summed E-state index contributed by atoms with van der Waals surface area (Å²) in [7, 11) is 0. The van der Waals surface area contributed by atoms with Crippen LogP contribution in [0, 0.1) is 0 Å². The molecule has 22 heavy (non-hydrogen) atoms. The van der Waals surface area contributed by atoms with E-state index in [1.165, 1.54) is 0 Å². The lowest BCUT2D eigenvalue weighted by Crippen LogP contribution is -2.23. The fourth-order valence-corrected chi connectivity index (χ4v) is 1.84. The summed E-state index contributed by atoms with van der Waals surface area (Å²) < 4.78 is 5.03. The number of allylic oxidation sites excluding steroid dienone is 2. The van der Waals surface area contributed by atoms with Crippen LogP contribution in [0.1, 0.15) is 19.4 Å². The van der Waals surface area contributed by atoms with Crippen molar-refractivity contribution >= 4 is 17.7 Å². The Morgan fingerprint density at radius 2 is 2.05 bits per heavy atom. The van der Waals surface area contributed by atoms with Crippen molar-refractivity contribution in [3.63, 3.8) is 0 Å². The summed E-state index contributed by atoms with van der Waals surface area (Å²) >= 11 is 5.68. The Morgan fingerprint density at radius 1 is 1.32 bits per heavy atom. The van der Waals surface area contributed by atoms with Gasteiger partial charge in [-0.05, 0) is 48.7 Å². The summed E-state index contributed by atoms with van der Waals surface area (Å²) in [5.74, 6) is 0.560. The number of nitrogens with one attached hydrogen (secondary N) is 1. The molecule has 0 aliphatic heterocycles. The molecule has 1 aromatic carbocycles. The SMILES string of the molecule is C/C=C(/C)OC(=O)NCc1cccc(-c2cnc(Cl)nc2)c1. The summed E-state index contributed by atoms with van der Waals surface area (Å²) in [6, 6.07) is 7.72. The highest BCUT2D eigenvalue weighted by Crippen LogP contribution is 2.19. The Morgan fingerprint density at radius 3 is 2.73 bits per heavy atom. The Labute approximate surface area is 134 Å². The molecule has 0 saturated heterocycles. The summed E-state index contributed by atoms with van der Waals surface area (Å²) in [4.78, 5) is 19.5. The number of halogens is 1. The molecule has 2 aromatic rings. The standard InChI is InChI=1S/C16H16ClN3O2/c1-3-11(2)22-16(21)20-8-12-5-4-6-13(7-12)14-9-18-15(17)19-10-14/h3-7,9-10H,8H2,1-2H3,(H,20,21)/b11-3-. The maximum absolute atomic E-state index is 11.6. The van der Waals surface area contributed by atoms with Gasteiger partial charge in [-0.25, -0.2) is 14.8 Å². The van der Waals surface area contributed by atoms with Crippen LogP contribution < -0.4 is 5.32 Å². The molecule has 0 unspecified atom stereocenters. The van der Waals surface area contributed by atoms with E-state index in [0.717, 1.165) is 16.7 Å². The van der Waals surface area contributed by atoms with Crippen LogP contribution in [0.15, 0.2) is 48.5 Å². The van der Waals surface area contributed by atoms with E-state index in [1.807, 2.05) is 24.3 Å². The van der Waals surface area contributed by atoms with Crippen molar-refractivity contribution in [2.75, 3.05) is 0 Å². The first-order chi connectivity index (χ1) is 10.6. The molecular formula is C16H16ClN3O2. The van der Waals surface area contributed by atoms with Crippen LogP contribution >= 0.6 is 11.6 Å². The van der Waals surface area contributed by atoms with Gasteiger partial charge in [0.15, 0.2) is 0 Å². The minimum Gasteiger partial charge on any atom is -0.416 e. The normalized spacial score (nSPS) is 11.1. The lowest BCUT2D eigenvalue weighted by molar-refractivity contribution is 0.175. The lowest BCUT2D eigenvalue weighted by Gasteiger charge is -2.08. The van der Waals surface area contributed by atoms with Crippen molar-refractivity contribution in [1.29, 1.82) is 0 Å². The molecule has 0 aliphatic carbocycles. The second-order valence-electron chi connectivity index (χ2n) is 4.58. The van der Waals surface area contributed by atoms with Crippen molar-refractivity contribution in [2.24, 2.45) is 0 Å². The number of hydrogen-bond donors (Lipinski definition) is 1. The highest BCUT2D eigenvalue weighted by atomic mass is 35.5. The number of carbonyl (C=O) groups excluding carboxylic acids is 1. The van der Waals surface area contributed by atoms with E-state index < -0.39 is 6.09 Å². The smallest absolute Gasteiger partial charge is 0.412 e. The van der Waals surface area contributed by atoms with E-state index in [9.17, 15) is 4.79 Å². The van der Waals surface area contributed by atoms with Gasteiger partial charge in [0.25, 0.3) is 0 Å². The molecule has 0 saturated carbocycles. The molecule has 0 aliphatic rings. The molecule has 114 valence electrons. The summed E-state index contributed by atoms with van der Waals surface area (Å²) in [5, 5.41) is 2.91. The average molecular weight is 318 g/mol. The summed E-state index contributed by atoms with van der Waals surface area (Å²) in [6.45, 7) is 3.90. The third kappa shape index (κ3) is 4.56. The first-order valence-electron chi connectivity index (χ1n) is 6.74. The highest BCUT2D eigenvalue weighted by Gasteiger charge is 2.05. The van der Waals surface area contributed by atoms with E-state index >= 15 is 0 Å². The number of carbonyl (C=O) groups is 1. The monoisotopic (exact) mass is 317 g/mol. The molecule has 0 fully saturated rings. The molecule has 0 spiro atoms. The predicted octanol–water partition coefficient (Wildman–Crippen LogP) is 3.95. The van der Waals surface area contributed by atoms with E-state index in [0.29, 0.717) is 12.3 Å². The summed E-state index contributed by atoms with van der Waals surface area (Å²) in [5.41, 5.74) is 2.76. The second kappa shape index (κ2) is 7.56. The second-order valence-corrected chi connectivity index (χ2v) is 4.92. The van der Waals surface area contributed by atoms with Crippen LogP contribution in [0.5, 0.6) is 0 Å². The number of amides is 1. The van der Waals surface area contributed by atoms with Gasteiger partial charge in [0.05, 0.1) is 0 Å². The minimum absolute atomic E-state index is 0.212. The van der Waals surface area contributed by atoms with Gasteiger partial charge >= 0.3 is 6.09 Å². The molecular weight excluding hydrogens is 302 g/mol. The first kappa shape index (κ1) is 16.0. The third-order valence-electron chi connectivity index (χ3n) is 2.98. The van der Waals surface area contributed by atoms with E-state index in [2.05, 4.69) is 15.3 Å². The van der Waals surface area contributed by atoms with Crippen LogP contribution in [0.3, 0.4) is 0 Å². The molecule has 1 amide bonds. The predicted molar refractivity (Wildman–Crippen MR) is 85.2 cm³/mol. The molecule has 2 rings (SSSR count). The zero-order chi connectivity index (χ0) is 15.9. The van der Waals surface area contributed by atoms with E-state index in [1.54, 1.807) is 32.3 Å². The topological polar surface area (TPSA) is 64.1 Å². The number of alkyl carbamates (subject to hydrolysis) is 1. The van der Waals surface area contributed by atoms with Gasteiger partial charge in [-0.1, -0.05) is 18.2 Å². The number of benzene rings is 1. The van der Waals surface area contributed by atoms with Crippen molar-refractivity contribution in [2.45, 2.75) is 20.4 Å². The van der Waals surface area contributed by atoms with Crippen LogP contribution in [-0.4, -0.2) is 16.1 Å². The van der Waals surface area contributed by atoms with Crippen LogP contribution in [-0.2, 0) is 11.3 Å². The Hall–Kier alpha value is -2.40. The van der Waals surface area contributed by atoms with Gasteiger partial charge in [0, 0.05) is 24.5 Å². The van der Waals surface area contributed by atoms with Crippen LogP contribution in [0.2, 0.25) is 5.28 Å². The molecule has 1 N–H and O–H groups in total. The van der Waals surface area contributed by atoms with Crippen molar-refractivity contribution in [3.8, 4) is 11.1 Å². The number of ether oxygens (including phenoxy) is 1. The third-order valence-corrected chi connectivity index (χ3v) is 3.17. The zero-order valence-corrected chi connectivity index (χ0v) is 13.1. The fraction of sp³-hybridized carbons (Fsp3) is 0.188. The number of nitrogens with zero attached hydrogens (tertiary/aromatic N) is 2. The maximum atomic E-state index is 11.6. The average Bonchev–Trinajstić information content (AvgIpc) is 2.54. The Balaban J connectivity index is 2.03. The van der Waals surface area contributed by atoms with E-state index in [-0.39, 0.29) is 5.28 Å². The van der Waals surface area contributed by atoms with Crippen LogP contribution in [0.25, 0.3) is 11.1 Å². The molecule has 0 atom stereocenters. The van der Waals surface area contributed by atoms with Gasteiger partial charge in [-0.15, -0.1) is 0 Å². The van der Waals surface area contributed by atoms with Gasteiger partial charge in [-0.3, -0.25) is 0 Å². The van der Waals surface area contributed by atoms with Gasteiger partial charge in [-0.2, -0.15) is 0 Å². The van der Waals surface area contributed by atoms with Crippen molar-refractivity contribution in [3.05, 3.63) is 59.3 Å². The number of hydrogen-bond acceptors (Lipinski definition) is 4. The molecule has 1 aromatic heterocycles. The number of rotatable bonds is 4.